The third kappa shape index (κ3) is 3.27. The summed E-state index contributed by atoms with van der Waals surface area (Å²) in [5.74, 6) is 1.01. The number of rotatable bonds is 5. The minimum atomic E-state index is -0.286. The molecule has 0 spiro atoms. The molecule has 0 bridgehead atoms. The summed E-state index contributed by atoms with van der Waals surface area (Å²) in [4.78, 5) is 12.9. The minimum absolute atomic E-state index is 0.0838. The van der Waals surface area contributed by atoms with Crippen molar-refractivity contribution in [3.05, 3.63) is 65.0 Å². The van der Waals surface area contributed by atoms with Gasteiger partial charge in [-0.3, -0.25) is 4.79 Å². The molecule has 1 aliphatic rings. The smallest absolute Gasteiger partial charge is 0.205 e. The van der Waals surface area contributed by atoms with Crippen LogP contribution in [0.15, 0.2) is 42.5 Å². The summed E-state index contributed by atoms with van der Waals surface area (Å²) in [5, 5.41) is 9.51. The molecular weight excluding hydrogens is 328 g/mol. The fourth-order valence-electron chi connectivity index (χ4n) is 3.05. The molecule has 0 saturated carbocycles. The second-order valence-electron chi connectivity index (χ2n) is 6.09. The SMILES string of the molecule is C=CCn1c(C)cc(C(=O)C(C#N)=Cc2ccc3c(c2)OCCO3)c1C. The van der Waals surface area contributed by atoms with Crippen LogP contribution in [0.1, 0.15) is 27.3 Å². The molecule has 5 heteroatoms. The molecular formula is C21H20N2O3. The zero-order valence-corrected chi connectivity index (χ0v) is 14.9. The monoisotopic (exact) mass is 348 g/mol. The van der Waals surface area contributed by atoms with E-state index in [9.17, 15) is 10.1 Å². The van der Waals surface area contributed by atoms with Gasteiger partial charge >= 0.3 is 0 Å². The van der Waals surface area contributed by atoms with Gasteiger partial charge in [-0.05, 0) is 43.7 Å². The maximum Gasteiger partial charge on any atom is 0.205 e. The number of nitrogens with zero attached hydrogens (tertiary/aromatic N) is 2. The van der Waals surface area contributed by atoms with Crippen LogP contribution in [0.25, 0.3) is 6.08 Å². The normalized spacial score (nSPS) is 13.2. The Morgan fingerprint density at radius 2 is 2.00 bits per heavy atom. The van der Waals surface area contributed by atoms with Gasteiger partial charge in [0.1, 0.15) is 24.9 Å². The second-order valence-corrected chi connectivity index (χ2v) is 6.09. The highest BCUT2D eigenvalue weighted by molar-refractivity contribution is 6.14. The Morgan fingerprint density at radius 3 is 2.69 bits per heavy atom. The molecule has 0 unspecified atom stereocenters. The van der Waals surface area contributed by atoms with Crippen LogP contribution in [-0.2, 0) is 6.54 Å². The summed E-state index contributed by atoms with van der Waals surface area (Å²) in [7, 11) is 0. The molecule has 2 heterocycles. The van der Waals surface area contributed by atoms with Gasteiger partial charge in [-0.15, -0.1) is 6.58 Å². The number of hydrogen-bond acceptors (Lipinski definition) is 4. The van der Waals surface area contributed by atoms with E-state index in [1.54, 1.807) is 30.4 Å². The molecule has 1 aromatic carbocycles. The Morgan fingerprint density at radius 1 is 1.27 bits per heavy atom. The van der Waals surface area contributed by atoms with E-state index in [1.807, 2.05) is 30.6 Å². The lowest BCUT2D eigenvalue weighted by Gasteiger charge is -2.18. The third-order valence-corrected chi connectivity index (χ3v) is 4.37. The van der Waals surface area contributed by atoms with Gasteiger partial charge in [-0.1, -0.05) is 12.1 Å². The van der Waals surface area contributed by atoms with Crippen LogP contribution >= 0.6 is 0 Å². The van der Waals surface area contributed by atoms with Crippen molar-refractivity contribution in [1.82, 2.24) is 4.57 Å². The van der Waals surface area contributed by atoms with Gasteiger partial charge in [0.05, 0.1) is 0 Å². The number of ether oxygens (including phenoxy) is 2. The molecule has 0 saturated heterocycles. The molecule has 1 aromatic heterocycles. The fraction of sp³-hybridized carbons (Fsp3) is 0.238. The predicted molar refractivity (Wildman–Crippen MR) is 99.5 cm³/mol. The first kappa shape index (κ1) is 17.6. The van der Waals surface area contributed by atoms with Crippen LogP contribution in [0.4, 0.5) is 0 Å². The number of benzene rings is 1. The molecule has 0 fully saturated rings. The lowest BCUT2D eigenvalue weighted by Crippen LogP contribution is -2.15. The predicted octanol–water partition coefficient (Wildman–Crippen LogP) is 3.85. The number of Topliss-reactive ketones (excluding diaryl/α,β-unsaturated/α-hetero) is 1. The van der Waals surface area contributed by atoms with Crippen LogP contribution < -0.4 is 9.47 Å². The number of fused-ring (bicyclic) bond motifs is 1. The Hall–Kier alpha value is -3.26. The van der Waals surface area contributed by atoms with Crippen LogP contribution in [0.2, 0.25) is 0 Å². The highest BCUT2D eigenvalue weighted by Gasteiger charge is 2.19. The number of hydrogen-bond donors (Lipinski definition) is 0. The zero-order valence-electron chi connectivity index (χ0n) is 14.9. The van der Waals surface area contributed by atoms with Gasteiger partial charge in [0.25, 0.3) is 0 Å². The molecule has 3 rings (SSSR count). The molecule has 0 atom stereocenters. The number of aromatic nitrogens is 1. The van der Waals surface area contributed by atoms with Gasteiger partial charge < -0.3 is 14.0 Å². The molecule has 0 N–H and O–H groups in total. The molecule has 5 nitrogen and oxygen atoms in total. The number of carbonyl (C=O) groups is 1. The van der Waals surface area contributed by atoms with E-state index in [1.165, 1.54) is 0 Å². The summed E-state index contributed by atoms with van der Waals surface area (Å²) in [6.45, 7) is 9.18. The van der Waals surface area contributed by atoms with E-state index < -0.39 is 0 Å². The van der Waals surface area contributed by atoms with Gasteiger partial charge in [-0.2, -0.15) is 5.26 Å². The maximum absolute atomic E-state index is 12.9. The first-order chi connectivity index (χ1) is 12.5. The number of aryl methyl sites for hydroxylation is 1. The Kier molecular flexibility index (Phi) is 4.94. The van der Waals surface area contributed by atoms with Crippen LogP contribution in [0, 0.1) is 25.2 Å². The van der Waals surface area contributed by atoms with Crippen molar-refractivity contribution in [2.24, 2.45) is 0 Å². The molecule has 1 aliphatic heterocycles. The largest absolute Gasteiger partial charge is 0.486 e. The average molecular weight is 348 g/mol. The van der Waals surface area contributed by atoms with E-state index in [0.29, 0.717) is 36.8 Å². The Balaban J connectivity index is 1.95. The van der Waals surface area contributed by atoms with Crippen LogP contribution in [-0.4, -0.2) is 23.6 Å². The van der Waals surface area contributed by atoms with E-state index in [-0.39, 0.29) is 11.4 Å². The number of allylic oxidation sites excluding steroid dienone is 2. The van der Waals surface area contributed by atoms with E-state index in [0.717, 1.165) is 17.0 Å². The molecule has 0 aliphatic carbocycles. The van der Waals surface area contributed by atoms with Crippen molar-refractivity contribution in [3.8, 4) is 17.6 Å². The average Bonchev–Trinajstić information content (AvgIpc) is 2.94. The lowest BCUT2D eigenvalue weighted by atomic mass is 10.0. The number of carbonyl (C=O) groups excluding carboxylic acids is 1. The van der Waals surface area contributed by atoms with E-state index in [2.05, 4.69) is 6.58 Å². The fourth-order valence-corrected chi connectivity index (χ4v) is 3.05. The number of ketones is 1. The first-order valence-corrected chi connectivity index (χ1v) is 8.39. The van der Waals surface area contributed by atoms with Gasteiger partial charge in [-0.25, -0.2) is 0 Å². The molecule has 0 amide bonds. The molecule has 132 valence electrons. The first-order valence-electron chi connectivity index (χ1n) is 8.39. The zero-order chi connectivity index (χ0) is 18.7. The topological polar surface area (TPSA) is 64.2 Å². The molecule has 2 aromatic rings. The summed E-state index contributed by atoms with van der Waals surface area (Å²) in [6.07, 6.45) is 3.37. The van der Waals surface area contributed by atoms with Crippen molar-refractivity contribution in [2.45, 2.75) is 20.4 Å². The molecule has 26 heavy (non-hydrogen) atoms. The quantitative estimate of drug-likeness (QED) is 0.356. The molecule has 0 radical (unpaired) electrons. The number of nitriles is 1. The summed E-state index contributed by atoms with van der Waals surface area (Å²) in [5.41, 5.74) is 3.13. The highest BCUT2D eigenvalue weighted by atomic mass is 16.6. The Labute approximate surface area is 152 Å². The van der Waals surface area contributed by atoms with Crippen molar-refractivity contribution < 1.29 is 14.3 Å². The standard InChI is InChI=1S/C21H20N2O3/c1-4-7-23-14(2)10-18(15(23)3)21(24)17(13-22)11-16-5-6-19-20(12-16)26-9-8-25-19/h4-6,10-12H,1,7-9H2,2-3H3. The van der Waals surface area contributed by atoms with Crippen LogP contribution in [0.3, 0.4) is 0 Å². The van der Waals surface area contributed by atoms with Crippen molar-refractivity contribution in [1.29, 1.82) is 5.26 Å². The lowest BCUT2D eigenvalue weighted by molar-refractivity contribution is 0.103. The van der Waals surface area contributed by atoms with Gasteiger partial charge in [0.15, 0.2) is 11.5 Å². The third-order valence-electron chi connectivity index (χ3n) is 4.37. The van der Waals surface area contributed by atoms with E-state index >= 15 is 0 Å². The van der Waals surface area contributed by atoms with Gasteiger partial charge in [0, 0.05) is 23.5 Å². The van der Waals surface area contributed by atoms with Crippen molar-refractivity contribution in [3.63, 3.8) is 0 Å². The summed E-state index contributed by atoms with van der Waals surface area (Å²) in [6, 6.07) is 9.21. The summed E-state index contributed by atoms with van der Waals surface area (Å²) >= 11 is 0. The maximum atomic E-state index is 12.9. The highest BCUT2D eigenvalue weighted by Crippen LogP contribution is 2.31. The Bertz CT molecular complexity index is 945. The van der Waals surface area contributed by atoms with Crippen molar-refractivity contribution in [2.75, 3.05) is 13.2 Å². The minimum Gasteiger partial charge on any atom is -0.486 e. The van der Waals surface area contributed by atoms with Gasteiger partial charge in [0.2, 0.25) is 5.78 Å². The van der Waals surface area contributed by atoms with Crippen LogP contribution in [0.5, 0.6) is 11.5 Å². The van der Waals surface area contributed by atoms with E-state index in [4.69, 9.17) is 9.47 Å². The van der Waals surface area contributed by atoms with Crippen molar-refractivity contribution >= 4 is 11.9 Å². The summed E-state index contributed by atoms with van der Waals surface area (Å²) < 4.78 is 13.0. The second kappa shape index (κ2) is 7.32.